The highest BCUT2D eigenvalue weighted by Crippen LogP contribution is 2.32. The molecule has 0 spiro atoms. The van der Waals surface area contributed by atoms with Gasteiger partial charge in [-0.2, -0.15) is 4.31 Å². The second kappa shape index (κ2) is 9.54. The molecule has 1 aromatic heterocycles. The summed E-state index contributed by atoms with van der Waals surface area (Å²) in [4.78, 5) is 26.6. The van der Waals surface area contributed by atoms with Crippen LogP contribution >= 0.6 is 34.8 Å². The lowest BCUT2D eigenvalue weighted by Crippen LogP contribution is -2.40. The predicted octanol–water partition coefficient (Wildman–Crippen LogP) is 2.79. The Morgan fingerprint density at radius 2 is 1.77 bits per heavy atom. The van der Waals surface area contributed by atoms with E-state index in [-0.39, 0.29) is 44.4 Å². The molecule has 1 saturated heterocycles. The largest absolute Gasteiger partial charge is 0.451 e. The van der Waals surface area contributed by atoms with Gasteiger partial charge in [-0.25, -0.2) is 13.2 Å². The summed E-state index contributed by atoms with van der Waals surface area (Å²) >= 11 is 17.7. The second-order valence-corrected chi connectivity index (χ2v) is 9.30. The average Bonchev–Trinajstić information content (AvgIpc) is 3.22. The molecule has 1 fully saturated rings. The van der Waals surface area contributed by atoms with E-state index >= 15 is 0 Å². The fraction of sp³-hybridized carbons (Fsp3) is 0.294. The van der Waals surface area contributed by atoms with Crippen molar-refractivity contribution in [3.63, 3.8) is 0 Å². The van der Waals surface area contributed by atoms with E-state index in [9.17, 15) is 18.0 Å². The maximum Gasteiger partial charge on any atom is 0.355 e. The van der Waals surface area contributed by atoms with Crippen LogP contribution in [-0.4, -0.2) is 62.5 Å². The minimum Gasteiger partial charge on any atom is -0.451 e. The van der Waals surface area contributed by atoms with E-state index in [1.54, 1.807) is 0 Å². The number of nitrogens with one attached hydrogen (secondary N) is 2. The summed E-state index contributed by atoms with van der Waals surface area (Å²) < 4.78 is 36.5. The van der Waals surface area contributed by atoms with Crippen molar-refractivity contribution < 1.29 is 27.5 Å². The molecule has 1 aliphatic heterocycles. The third-order valence-corrected chi connectivity index (χ3v) is 7.01. The van der Waals surface area contributed by atoms with Crippen molar-refractivity contribution in [1.29, 1.82) is 0 Å². The van der Waals surface area contributed by atoms with Crippen molar-refractivity contribution in [2.45, 2.75) is 4.90 Å². The van der Waals surface area contributed by atoms with Crippen LogP contribution in [-0.2, 0) is 24.3 Å². The van der Waals surface area contributed by atoms with Gasteiger partial charge < -0.3 is 19.8 Å². The highest BCUT2D eigenvalue weighted by molar-refractivity contribution is 7.89. The summed E-state index contributed by atoms with van der Waals surface area (Å²) in [6, 6.07) is 3.88. The first-order valence-electron chi connectivity index (χ1n) is 8.56. The first kappa shape index (κ1) is 22.9. The highest BCUT2D eigenvalue weighted by Gasteiger charge is 2.28. The lowest BCUT2D eigenvalue weighted by molar-refractivity contribution is -0.119. The highest BCUT2D eigenvalue weighted by atomic mass is 35.5. The quantitative estimate of drug-likeness (QED) is 0.469. The van der Waals surface area contributed by atoms with Crippen LogP contribution in [0.15, 0.2) is 29.3 Å². The molecule has 0 radical (unpaired) electrons. The number of hydrogen-bond donors (Lipinski definition) is 2. The third kappa shape index (κ3) is 5.26. The van der Waals surface area contributed by atoms with Crippen molar-refractivity contribution in [1.82, 2.24) is 9.29 Å². The fourth-order valence-electron chi connectivity index (χ4n) is 2.59. The Labute approximate surface area is 187 Å². The number of amides is 1. The van der Waals surface area contributed by atoms with Crippen LogP contribution in [0.2, 0.25) is 15.1 Å². The van der Waals surface area contributed by atoms with E-state index in [0.717, 1.165) is 6.07 Å². The molecule has 30 heavy (non-hydrogen) atoms. The normalized spacial score (nSPS) is 15.0. The van der Waals surface area contributed by atoms with Gasteiger partial charge in [-0.15, -0.1) is 0 Å². The van der Waals surface area contributed by atoms with Crippen molar-refractivity contribution in [2.75, 3.05) is 38.2 Å². The minimum absolute atomic E-state index is 0.0802. The number of sulfonamides is 1. The molecular formula is C17H16Cl3N3O6S. The summed E-state index contributed by atoms with van der Waals surface area (Å²) in [6.07, 6.45) is 1.19. The van der Waals surface area contributed by atoms with E-state index in [1.165, 1.54) is 22.6 Å². The van der Waals surface area contributed by atoms with E-state index in [0.29, 0.717) is 13.2 Å². The van der Waals surface area contributed by atoms with Gasteiger partial charge >= 0.3 is 5.97 Å². The lowest BCUT2D eigenvalue weighted by Gasteiger charge is -2.25. The van der Waals surface area contributed by atoms with Gasteiger partial charge in [0.2, 0.25) is 10.0 Å². The van der Waals surface area contributed by atoms with Crippen molar-refractivity contribution in [3.05, 3.63) is 45.2 Å². The molecular weight excluding hydrogens is 481 g/mol. The summed E-state index contributed by atoms with van der Waals surface area (Å²) in [5.41, 5.74) is 0.0908. The molecule has 2 N–H and O–H groups in total. The molecule has 0 saturated carbocycles. The average molecular weight is 497 g/mol. The zero-order valence-corrected chi connectivity index (χ0v) is 18.4. The van der Waals surface area contributed by atoms with Crippen LogP contribution in [0.4, 0.5) is 5.69 Å². The van der Waals surface area contributed by atoms with Crippen LogP contribution in [0.3, 0.4) is 0 Å². The number of esters is 1. The smallest absolute Gasteiger partial charge is 0.355 e. The number of hydrogen-bond acceptors (Lipinski definition) is 6. The monoisotopic (exact) mass is 495 g/mol. The molecule has 2 heterocycles. The Morgan fingerprint density at radius 3 is 2.47 bits per heavy atom. The number of anilines is 1. The number of rotatable bonds is 6. The van der Waals surface area contributed by atoms with Crippen molar-refractivity contribution >= 4 is 62.4 Å². The number of benzene rings is 1. The first-order chi connectivity index (χ1) is 14.2. The molecule has 2 aromatic rings. The Kier molecular flexibility index (Phi) is 7.27. The van der Waals surface area contributed by atoms with E-state index in [2.05, 4.69) is 10.3 Å². The molecule has 162 valence electrons. The molecule has 1 aromatic carbocycles. The van der Waals surface area contributed by atoms with Crippen LogP contribution in [0.5, 0.6) is 0 Å². The lowest BCUT2D eigenvalue weighted by atomic mass is 10.3. The number of H-pyrrole nitrogens is 1. The SMILES string of the molecule is O=C(COC(=O)c1cc(S(=O)(=O)N2CCOCC2)c[nH]1)Nc1cc(Cl)c(Cl)cc1Cl. The number of ether oxygens (including phenoxy) is 2. The molecule has 13 heteroatoms. The molecule has 1 aliphatic rings. The standard InChI is InChI=1S/C17H16Cl3N3O6S/c18-11-6-13(20)14(7-12(11)19)22-16(24)9-29-17(25)15-5-10(8-21-15)30(26,27)23-1-3-28-4-2-23/h5-8,21H,1-4,9H2,(H,22,24). The van der Waals surface area contributed by atoms with Crippen LogP contribution in [0, 0.1) is 0 Å². The van der Waals surface area contributed by atoms with Gasteiger partial charge in [-0.1, -0.05) is 34.8 Å². The Morgan fingerprint density at radius 1 is 1.10 bits per heavy atom. The van der Waals surface area contributed by atoms with Crippen LogP contribution in [0.25, 0.3) is 0 Å². The van der Waals surface area contributed by atoms with Crippen molar-refractivity contribution in [3.8, 4) is 0 Å². The Balaban J connectivity index is 1.59. The van der Waals surface area contributed by atoms with Gasteiger partial charge in [-0.05, 0) is 18.2 Å². The van der Waals surface area contributed by atoms with E-state index < -0.39 is 28.5 Å². The van der Waals surface area contributed by atoms with Crippen LogP contribution in [0.1, 0.15) is 10.5 Å². The summed E-state index contributed by atoms with van der Waals surface area (Å²) in [7, 11) is -3.76. The number of halogens is 3. The zero-order chi connectivity index (χ0) is 21.9. The van der Waals surface area contributed by atoms with Gasteiger partial charge in [0.25, 0.3) is 5.91 Å². The molecule has 1 amide bonds. The number of morpholine rings is 1. The number of carbonyl (C=O) groups excluding carboxylic acids is 2. The molecule has 9 nitrogen and oxygen atoms in total. The minimum atomic E-state index is -3.76. The third-order valence-electron chi connectivity index (χ3n) is 4.10. The number of nitrogens with zero attached hydrogens (tertiary/aromatic N) is 1. The van der Waals surface area contributed by atoms with Gasteiger partial charge in [0.15, 0.2) is 6.61 Å². The van der Waals surface area contributed by atoms with Gasteiger partial charge in [-0.3, -0.25) is 4.79 Å². The fourth-order valence-corrected chi connectivity index (χ4v) is 4.59. The molecule has 3 rings (SSSR count). The number of aromatic nitrogens is 1. The first-order valence-corrected chi connectivity index (χ1v) is 11.1. The Bertz CT molecular complexity index is 1070. The van der Waals surface area contributed by atoms with Crippen molar-refractivity contribution in [2.24, 2.45) is 0 Å². The Hall–Kier alpha value is -1.82. The van der Waals surface area contributed by atoms with Crippen LogP contribution < -0.4 is 5.32 Å². The zero-order valence-electron chi connectivity index (χ0n) is 15.3. The van der Waals surface area contributed by atoms with Gasteiger partial charge in [0, 0.05) is 19.3 Å². The number of aromatic amines is 1. The molecule has 0 bridgehead atoms. The topological polar surface area (TPSA) is 118 Å². The summed E-state index contributed by atoms with van der Waals surface area (Å²) in [6.45, 7) is 0.433. The van der Waals surface area contributed by atoms with E-state index in [1.807, 2.05) is 0 Å². The summed E-state index contributed by atoms with van der Waals surface area (Å²) in [5.74, 6) is -1.56. The maximum absolute atomic E-state index is 12.6. The van der Waals surface area contributed by atoms with Gasteiger partial charge in [0.05, 0.1) is 34.0 Å². The maximum atomic E-state index is 12.6. The molecule has 0 unspecified atom stereocenters. The van der Waals surface area contributed by atoms with E-state index in [4.69, 9.17) is 44.3 Å². The molecule has 0 aliphatic carbocycles. The van der Waals surface area contributed by atoms with Gasteiger partial charge in [0.1, 0.15) is 10.6 Å². The summed E-state index contributed by atoms with van der Waals surface area (Å²) in [5, 5.41) is 3.01. The number of carbonyl (C=O) groups is 2. The predicted molar refractivity (Wildman–Crippen MR) is 111 cm³/mol. The second-order valence-electron chi connectivity index (χ2n) is 6.14. The molecule has 0 atom stereocenters.